The molecule has 1 fully saturated rings. The van der Waals surface area contributed by atoms with E-state index in [0.717, 1.165) is 35.2 Å². The maximum Gasteiger partial charge on any atom is 0.307 e. The highest BCUT2D eigenvalue weighted by atomic mass is 32.1. The van der Waals surface area contributed by atoms with Crippen LogP contribution in [0.2, 0.25) is 0 Å². The number of hydrogen-bond donors (Lipinski definition) is 0. The SMILES string of the molecule is Cc1csc(=O)n1CCC(=O)N1CCC(C(=O)c2cc(F)ccc2F)CC1. The Morgan fingerprint density at radius 3 is 2.56 bits per heavy atom. The number of aromatic nitrogens is 1. The van der Waals surface area contributed by atoms with E-state index >= 15 is 0 Å². The first-order valence-corrected chi connectivity index (χ1v) is 9.66. The number of piperidine rings is 1. The average molecular weight is 394 g/mol. The van der Waals surface area contributed by atoms with E-state index in [1.807, 2.05) is 6.92 Å². The van der Waals surface area contributed by atoms with Gasteiger partial charge in [-0.15, -0.1) is 0 Å². The van der Waals surface area contributed by atoms with Gasteiger partial charge in [0.25, 0.3) is 0 Å². The highest BCUT2D eigenvalue weighted by molar-refractivity contribution is 7.07. The number of amides is 1. The Morgan fingerprint density at radius 2 is 1.93 bits per heavy atom. The summed E-state index contributed by atoms with van der Waals surface area (Å²) in [6.07, 6.45) is 1.05. The third-order valence-electron chi connectivity index (χ3n) is 4.94. The highest BCUT2D eigenvalue weighted by Crippen LogP contribution is 2.24. The quantitative estimate of drug-likeness (QED) is 0.733. The number of ketones is 1. The molecule has 0 aliphatic carbocycles. The van der Waals surface area contributed by atoms with Gasteiger partial charge in [-0.05, 0) is 38.0 Å². The van der Waals surface area contributed by atoms with Crippen LogP contribution in [0.15, 0.2) is 28.4 Å². The zero-order chi connectivity index (χ0) is 19.6. The number of benzene rings is 1. The van der Waals surface area contributed by atoms with Gasteiger partial charge in [0.1, 0.15) is 11.6 Å². The molecule has 1 aliphatic heterocycles. The van der Waals surface area contributed by atoms with E-state index in [-0.39, 0.29) is 22.8 Å². The monoisotopic (exact) mass is 394 g/mol. The molecule has 1 saturated heterocycles. The fourth-order valence-corrected chi connectivity index (χ4v) is 4.10. The Hall–Kier alpha value is -2.35. The van der Waals surface area contributed by atoms with Gasteiger partial charge in [0.2, 0.25) is 5.91 Å². The number of Topliss-reactive ketones (excluding diaryl/α,β-unsaturated/α-hetero) is 1. The zero-order valence-electron chi connectivity index (χ0n) is 14.9. The van der Waals surface area contributed by atoms with Crippen molar-refractivity contribution in [3.05, 3.63) is 56.1 Å². The molecule has 27 heavy (non-hydrogen) atoms. The zero-order valence-corrected chi connectivity index (χ0v) is 15.7. The Balaban J connectivity index is 1.55. The van der Waals surface area contributed by atoms with Crippen LogP contribution in [0.4, 0.5) is 8.78 Å². The molecule has 1 aromatic carbocycles. The predicted molar refractivity (Wildman–Crippen MR) is 97.9 cm³/mol. The average Bonchev–Trinajstić information content (AvgIpc) is 2.99. The number of thiazole rings is 1. The molecule has 2 aromatic rings. The molecule has 1 amide bonds. The first-order valence-electron chi connectivity index (χ1n) is 8.79. The second kappa shape index (κ2) is 8.12. The molecule has 1 aliphatic rings. The van der Waals surface area contributed by atoms with E-state index in [4.69, 9.17) is 0 Å². The molecule has 3 rings (SSSR count). The molecule has 0 radical (unpaired) electrons. The highest BCUT2D eigenvalue weighted by Gasteiger charge is 2.29. The van der Waals surface area contributed by atoms with E-state index in [1.165, 1.54) is 0 Å². The van der Waals surface area contributed by atoms with E-state index in [9.17, 15) is 23.2 Å². The second-order valence-electron chi connectivity index (χ2n) is 6.69. The van der Waals surface area contributed by atoms with Crippen molar-refractivity contribution < 1.29 is 18.4 Å². The summed E-state index contributed by atoms with van der Waals surface area (Å²) in [6.45, 7) is 2.94. The molecule has 0 bridgehead atoms. The molecular weight excluding hydrogens is 374 g/mol. The van der Waals surface area contributed by atoms with Crippen LogP contribution in [0.1, 0.15) is 35.3 Å². The molecule has 1 aromatic heterocycles. The molecule has 0 N–H and O–H groups in total. The lowest BCUT2D eigenvalue weighted by Gasteiger charge is -2.31. The molecule has 144 valence electrons. The van der Waals surface area contributed by atoms with Crippen LogP contribution in [0.5, 0.6) is 0 Å². The number of rotatable bonds is 5. The molecular formula is C19H20F2N2O3S. The Kier molecular flexibility index (Phi) is 5.84. The topological polar surface area (TPSA) is 59.4 Å². The van der Waals surface area contributed by atoms with Gasteiger partial charge in [-0.1, -0.05) is 11.3 Å². The number of nitrogens with zero attached hydrogens (tertiary/aromatic N) is 2. The molecule has 0 atom stereocenters. The van der Waals surface area contributed by atoms with Gasteiger partial charge in [-0.25, -0.2) is 8.78 Å². The van der Waals surface area contributed by atoms with Gasteiger partial charge in [-0.3, -0.25) is 14.4 Å². The van der Waals surface area contributed by atoms with Crippen LogP contribution >= 0.6 is 11.3 Å². The van der Waals surface area contributed by atoms with Crippen molar-refractivity contribution in [3.8, 4) is 0 Å². The number of carbonyl (C=O) groups excluding carboxylic acids is 2. The lowest BCUT2D eigenvalue weighted by Crippen LogP contribution is -2.40. The van der Waals surface area contributed by atoms with Crippen LogP contribution in [-0.4, -0.2) is 34.2 Å². The first-order chi connectivity index (χ1) is 12.9. The number of likely N-dealkylation sites (tertiary alicyclic amines) is 1. The van der Waals surface area contributed by atoms with Crippen molar-refractivity contribution in [2.75, 3.05) is 13.1 Å². The summed E-state index contributed by atoms with van der Waals surface area (Å²) in [4.78, 5) is 38.1. The fourth-order valence-electron chi connectivity index (χ4n) is 3.34. The normalized spacial score (nSPS) is 15.1. The smallest absolute Gasteiger partial charge is 0.307 e. The standard InChI is InChI=1S/C19H20F2N2O3S/c1-12-11-27-19(26)23(12)9-6-17(24)22-7-4-13(5-8-22)18(25)15-10-14(20)2-3-16(15)21/h2-3,10-11,13H,4-9H2,1H3. The van der Waals surface area contributed by atoms with Gasteiger partial charge in [0.05, 0.1) is 5.56 Å². The minimum Gasteiger partial charge on any atom is -0.343 e. The Labute approximate surface area is 159 Å². The van der Waals surface area contributed by atoms with Crippen LogP contribution in [-0.2, 0) is 11.3 Å². The number of halogens is 2. The third-order valence-corrected chi connectivity index (χ3v) is 5.82. The minimum atomic E-state index is -0.725. The van der Waals surface area contributed by atoms with Crippen molar-refractivity contribution in [2.24, 2.45) is 5.92 Å². The van der Waals surface area contributed by atoms with Crippen LogP contribution in [0.3, 0.4) is 0 Å². The van der Waals surface area contributed by atoms with Crippen molar-refractivity contribution in [3.63, 3.8) is 0 Å². The molecule has 0 unspecified atom stereocenters. The molecule has 2 heterocycles. The summed E-state index contributed by atoms with van der Waals surface area (Å²) in [5.41, 5.74) is 0.603. The van der Waals surface area contributed by atoms with Crippen molar-refractivity contribution in [1.29, 1.82) is 0 Å². The van der Waals surface area contributed by atoms with Gasteiger partial charge < -0.3 is 9.47 Å². The van der Waals surface area contributed by atoms with Gasteiger partial charge >= 0.3 is 4.87 Å². The Bertz CT molecular complexity index is 914. The summed E-state index contributed by atoms with van der Waals surface area (Å²) in [5, 5.41) is 1.76. The van der Waals surface area contributed by atoms with Crippen molar-refractivity contribution >= 4 is 23.0 Å². The minimum absolute atomic E-state index is 0.0738. The lowest BCUT2D eigenvalue weighted by atomic mass is 9.88. The maximum absolute atomic E-state index is 13.8. The predicted octanol–water partition coefficient (Wildman–Crippen LogP) is 3.01. The van der Waals surface area contributed by atoms with E-state index in [1.54, 1.807) is 14.8 Å². The van der Waals surface area contributed by atoms with E-state index < -0.39 is 23.3 Å². The summed E-state index contributed by atoms with van der Waals surface area (Å²) in [6, 6.07) is 2.86. The Morgan fingerprint density at radius 1 is 1.22 bits per heavy atom. The van der Waals surface area contributed by atoms with Gasteiger partial charge in [0, 0.05) is 43.0 Å². The van der Waals surface area contributed by atoms with E-state index in [0.29, 0.717) is 32.5 Å². The first kappa shape index (κ1) is 19.4. The summed E-state index contributed by atoms with van der Waals surface area (Å²) < 4.78 is 28.7. The summed E-state index contributed by atoms with van der Waals surface area (Å²) in [7, 11) is 0. The molecule has 0 spiro atoms. The summed E-state index contributed by atoms with van der Waals surface area (Å²) in [5.74, 6) is -2.29. The molecule has 0 saturated carbocycles. The van der Waals surface area contributed by atoms with Crippen LogP contribution in [0.25, 0.3) is 0 Å². The van der Waals surface area contributed by atoms with Crippen molar-refractivity contribution in [1.82, 2.24) is 9.47 Å². The summed E-state index contributed by atoms with van der Waals surface area (Å²) >= 11 is 1.11. The number of hydrogen-bond acceptors (Lipinski definition) is 4. The number of aryl methyl sites for hydroxylation is 1. The maximum atomic E-state index is 13.8. The van der Waals surface area contributed by atoms with Crippen LogP contribution in [0, 0.1) is 24.5 Å². The van der Waals surface area contributed by atoms with Gasteiger partial charge in [0.15, 0.2) is 5.78 Å². The van der Waals surface area contributed by atoms with Crippen molar-refractivity contribution in [2.45, 2.75) is 32.7 Å². The largest absolute Gasteiger partial charge is 0.343 e. The van der Waals surface area contributed by atoms with Gasteiger partial charge in [-0.2, -0.15) is 0 Å². The third kappa shape index (κ3) is 4.32. The molecule has 8 heteroatoms. The second-order valence-corrected chi connectivity index (χ2v) is 7.51. The fraction of sp³-hybridized carbons (Fsp3) is 0.421. The van der Waals surface area contributed by atoms with Crippen LogP contribution < -0.4 is 4.87 Å². The molecule has 5 nitrogen and oxygen atoms in total. The van der Waals surface area contributed by atoms with E-state index in [2.05, 4.69) is 0 Å². The number of carbonyl (C=O) groups is 2. The lowest BCUT2D eigenvalue weighted by molar-refractivity contribution is -0.132.